The van der Waals surface area contributed by atoms with E-state index >= 15 is 0 Å². The number of likely N-dealkylation sites (tertiary alicyclic amines) is 1. The van der Waals surface area contributed by atoms with Gasteiger partial charge in [-0.05, 0) is 76.2 Å². The van der Waals surface area contributed by atoms with E-state index in [-0.39, 0.29) is 0 Å². The molecule has 0 aromatic heterocycles. The lowest BCUT2D eigenvalue weighted by Gasteiger charge is -2.20. The maximum Gasteiger partial charge on any atom is 0.339 e. The molecule has 1 fully saturated rings. The van der Waals surface area contributed by atoms with Crippen molar-refractivity contribution in [3.63, 3.8) is 0 Å². The highest BCUT2D eigenvalue weighted by molar-refractivity contribution is 7.80. The smallest absolute Gasteiger partial charge is 0.339 e. The first-order valence-electron chi connectivity index (χ1n) is 9.34. The molecule has 0 radical (unpaired) electrons. The number of anilines is 1. The van der Waals surface area contributed by atoms with Gasteiger partial charge in [-0.25, -0.2) is 4.79 Å². The maximum atomic E-state index is 11.8. The average molecular weight is 398 g/mol. The number of nitrogens with one attached hydrogen (secondary N) is 2. The van der Waals surface area contributed by atoms with Crippen LogP contribution in [-0.2, 0) is 4.74 Å². The largest absolute Gasteiger partial charge is 0.462 e. The lowest BCUT2D eigenvalue weighted by atomic mass is 10.2. The van der Waals surface area contributed by atoms with Crippen molar-refractivity contribution in [3.8, 4) is 0 Å². The molecule has 0 atom stereocenters. The van der Waals surface area contributed by atoms with Crippen LogP contribution in [-0.4, -0.2) is 48.8 Å². The number of hydrogen-bond acceptors (Lipinski definition) is 4. The van der Waals surface area contributed by atoms with Crippen LogP contribution in [0.15, 0.2) is 18.2 Å². The van der Waals surface area contributed by atoms with Crippen molar-refractivity contribution in [1.29, 1.82) is 0 Å². The Hall–Kier alpha value is -1.37. The molecule has 1 aliphatic rings. The summed E-state index contributed by atoms with van der Waals surface area (Å²) >= 11 is 11.5. The Kier molecular flexibility index (Phi) is 9.15. The van der Waals surface area contributed by atoms with Crippen molar-refractivity contribution < 1.29 is 9.53 Å². The molecule has 0 unspecified atom stereocenters. The summed E-state index contributed by atoms with van der Waals surface area (Å²) in [5.74, 6) is -0.418. The number of ether oxygens (including phenoxy) is 1. The van der Waals surface area contributed by atoms with Gasteiger partial charge >= 0.3 is 5.97 Å². The van der Waals surface area contributed by atoms with Crippen LogP contribution in [0, 0.1) is 0 Å². The predicted molar refractivity (Wildman–Crippen MR) is 111 cm³/mol. The first kappa shape index (κ1) is 20.9. The van der Waals surface area contributed by atoms with E-state index in [4.69, 9.17) is 28.6 Å². The molecule has 26 heavy (non-hydrogen) atoms. The molecule has 0 saturated carbocycles. The number of hydrogen-bond donors (Lipinski definition) is 2. The van der Waals surface area contributed by atoms with Gasteiger partial charge in [-0.1, -0.05) is 24.4 Å². The molecule has 1 aromatic carbocycles. The highest BCUT2D eigenvalue weighted by Crippen LogP contribution is 2.21. The van der Waals surface area contributed by atoms with E-state index in [1.165, 1.54) is 38.8 Å². The quantitative estimate of drug-likeness (QED) is 0.411. The van der Waals surface area contributed by atoms with Crippen molar-refractivity contribution >= 4 is 40.6 Å². The van der Waals surface area contributed by atoms with Gasteiger partial charge in [0.15, 0.2) is 5.11 Å². The molecule has 0 spiro atoms. The predicted octanol–water partition coefficient (Wildman–Crippen LogP) is 4.07. The van der Waals surface area contributed by atoms with Crippen LogP contribution >= 0.6 is 23.8 Å². The van der Waals surface area contributed by atoms with Gasteiger partial charge in [0.25, 0.3) is 0 Å². The third-order valence-electron chi connectivity index (χ3n) is 4.36. The highest BCUT2D eigenvalue weighted by Gasteiger charge is 2.12. The number of halogens is 1. The highest BCUT2D eigenvalue weighted by atomic mass is 35.5. The number of carbonyl (C=O) groups is 1. The SMILES string of the molecule is CCOC(=O)c1ccc(NC(=S)NCCCN2CCCCCC2)cc1Cl. The van der Waals surface area contributed by atoms with Crippen LogP contribution in [0.1, 0.15) is 49.4 Å². The minimum absolute atomic E-state index is 0.320. The van der Waals surface area contributed by atoms with Crippen molar-refractivity contribution in [2.24, 2.45) is 0 Å². The summed E-state index contributed by atoms with van der Waals surface area (Å²) in [6.45, 7) is 6.45. The molecule has 5 nitrogen and oxygen atoms in total. The minimum atomic E-state index is -0.418. The van der Waals surface area contributed by atoms with Gasteiger partial charge in [0.05, 0.1) is 17.2 Å². The Morgan fingerprint density at radius 2 is 2.00 bits per heavy atom. The van der Waals surface area contributed by atoms with Crippen molar-refractivity contribution in [1.82, 2.24) is 10.2 Å². The number of thiocarbonyl (C=S) groups is 1. The minimum Gasteiger partial charge on any atom is -0.462 e. The fourth-order valence-corrected chi connectivity index (χ4v) is 3.48. The Labute approximate surface area is 166 Å². The first-order valence-corrected chi connectivity index (χ1v) is 10.1. The van der Waals surface area contributed by atoms with Crippen LogP contribution in [0.5, 0.6) is 0 Å². The standard InChI is InChI=1S/C19H28ClN3O2S/c1-2-25-18(24)16-9-8-15(14-17(16)20)22-19(26)21-10-7-13-23-11-5-3-4-6-12-23/h8-9,14H,2-7,10-13H2,1H3,(H2,21,22,26). The molecule has 144 valence electrons. The number of rotatable bonds is 7. The fourth-order valence-electron chi connectivity index (χ4n) is 3.01. The number of nitrogens with zero attached hydrogens (tertiary/aromatic N) is 1. The van der Waals surface area contributed by atoms with Crippen LogP contribution < -0.4 is 10.6 Å². The lowest BCUT2D eigenvalue weighted by Crippen LogP contribution is -2.32. The summed E-state index contributed by atoms with van der Waals surface area (Å²) in [4.78, 5) is 14.3. The normalized spacial score (nSPS) is 15.2. The zero-order valence-corrected chi connectivity index (χ0v) is 16.9. The van der Waals surface area contributed by atoms with Crippen LogP contribution in [0.4, 0.5) is 5.69 Å². The molecule has 2 N–H and O–H groups in total. The molecule has 0 aliphatic carbocycles. The van der Waals surface area contributed by atoms with E-state index in [2.05, 4.69) is 15.5 Å². The second-order valence-electron chi connectivity index (χ2n) is 6.41. The van der Waals surface area contributed by atoms with Gasteiger partial charge in [-0.2, -0.15) is 0 Å². The summed E-state index contributed by atoms with van der Waals surface area (Å²) in [7, 11) is 0. The van der Waals surface area contributed by atoms with Gasteiger partial charge in [0.2, 0.25) is 0 Å². The van der Waals surface area contributed by atoms with E-state index < -0.39 is 5.97 Å². The second kappa shape index (κ2) is 11.4. The zero-order chi connectivity index (χ0) is 18.8. The monoisotopic (exact) mass is 397 g/mol. The van der Waals surface area contributed by atoms with E-state index in [0.29, 0.717) is 22.3 Å². The second-order valence-corrected chi connectivity index (χ2v) is 7.22. The third kappa shape index (κ3) is 7.09. The van der Waals surface area contributed by atoms with E-state index in [1.54, 1.807) is 25.1 Å². The molecular weight excluding hydrogens is 370 g/mol. The molecule has 7 heteroatoms. The van der Waals surface area contributed by atoms with E-state index in [1.807, 2.05) is 0 Å². The van der Waals surface area contributed by atoms with E-state index in [9.17, 15) is 4.79 Å². The number of carbonyl (C=O) groups excluding carboxylic acids is 1. The molecule has 2 rings (SSSR count). The molecular formula is C19H28ClN3O2S. The molecule has 1 aromatic rings. The molecule has 1 saturated heterocycles. The van der Waals surface area contributed by atoms with Gasteiger partial charge < -0.3 is 20.3 Å². The third-order valence-corrected chi connectivity index (χ3v) is 4.92. The van der Waals surface area contributed by atoms with Gasteiger partial charge in [-0.3, -0.25) is 0 Å². The topological polar surface area (TPSA) is 53.6 Å². The molecule has 0 bridgehead atoms. The Balaban J connectivity index is 1.71. The summed E-state index contributed by atoms with van der Waals surface area (Å²) in [5, 5.41) is 7.22. The van der Waals surface area contributed by atoms with E-state index in [0.717, 1.165) is 25.2 Å². The fraction of sp³-hybridized carbons (Fsp3) is 0.579. The summed E-state index contributed by atoms with van der Waals surface area (Å²) < 4.78 is 4.97. The Morgan fingerprint density at radius 1 is 1.27 bits per heavy atom. The summed E-state index contributed by atoms with van der Waals surface area (Å²) in [6, 6.07) is 5.09. The van der Waals surface area contributed by atoms with Crippen molar-refractivity contribution in [2.75, 3.05) is 38.1 Å². The number of esters is 1. The Morgan fingerprint density at radius 3 is 2.65 bits per heavy atom. The van der Waals surface area contributed by atoms with Crippen LogP contribution in [0.2, 0.25) is 5.02 Å². The lowest BCUT2D eigenvalue weighted by molar-refractivity contribution is 0.0526. The zero-order valence-electron chi connectivity index (χ0n) is 15.4. The van der Waals surface area contributed by atoms with Gasteiger partial charge in [-0.15, -0.1) is 0 Å². The molecule has 1 aliphatic heterocycles. The molecule has 1 heterocycles. The van der Waals surface area contributed by atoms with Crippen molar-refractivity contribution in [3.05, 3.63) is 28.8 Å². The molecule has 0 amide bonds. The Bertz CT molecular complexity index is 604. The van der Waals surface area contributed by atoms with Crippen molar-refractivity contribution in [2.45, 2.75) is 39.0 Å². The van der Waals surface area contributed by atoms with Crippen LogP contribution in [0.25, 0.3) is 0 Å². The van der Waals surface area contributed by atoms with Crippen LogP contribution in [0.3, 0.4) is 0 Å². The maximum absolute atomic E-state index is 11.8. The summed E-state index contributed by atoms with van der Waals surface area (Å²) in [6.07, 6.45) is 6.41. The average Bonchev–Trinajstić information content (AvgIpc) is 2.88. The van der Waals surface area contributed by atoms with Gasteiger partial charge in [0, 0.05) is 12.2 Å². The first-order chi connectivity index (χ1) is 12.6. The van der Waals surface area contributed by atoms with Gasteiger partial charge in [0.1, 0.15) is 0 Å². The summed E-state index contributed by atoms with van der Waals surface area (Å²) in [5.41, 5.74) is 1.10. The number of benzene rings is 1.